The zero-order valence-corrected chi connectivity index (χ0v) is 15.8. The first kappa shape index (κ1) is 18.2. The minimum Gasteiger partial charge on any atom is -0.356 e. The summed E-state index contributed by atoms with van der Waals surface area (Å²) in [5.74, 6) is 3.89. The average Bonchev–Trinajstić information content (AvgIpc) is 3.06. The van der Waals surface area contributed by atoms with Crippen LogP contribution < -0.4 is 10.6 Å². The molecule has 0 spiro atoms. The molecule has 25 heavy (non-hydrogen) atoms. The zero-order valence-electron chi connectivity index (χ0n) is 15.8. The van der Waals surface area contributed by atoms with Gasteiger partial charge in [0.1, 0.15) is 5.82 Å². The van der Waals surface area contributed by atoms with Crippen LogP contribution in [-0.2, 0) is 19.5 Å². The second kappa shape index (κ2) is 9.17. The summed E-state index contributed by atoms with van der Waals surface area (Å²) in [5.41, 5.74) is 0. The number of hydrogen-bond donors (Lipinski definition) is 2. The van der Waals surface area contributed by atoms with Crippen LogP contribution in [0.5, 0.6) is 0 Å². The molecule has 3 heterocycles. The Balaban J connectivity index is 1.35. The number of likely N-dealkylation sites (tertiary alicyclic amines) is 1. The van der Waals surface area contributed by atoms with Crippen molar-refractivity contribution < 1.29 is 0 Å². The second-order valence-electron chi connectivity index (χ2n) is 7.37. The van der Waals surface area contributed by atoms with E-state index in [1.165, 1.54) is 45.3 Å². The van der Waals surface area contributed by atoms with Crippen molar-refractivity contribution in [3.8, 4) is 0 Å². The number of guanidine groups is 1. The first-order chi connectivity index (χ1) is 12.3. The van der Waals surface area contributed by atoms with E-state index in [4.69, 9.17) is 0 Å². The number of fused-ring (bicyclic) bond motifs is 1. The third-order valence-electron chi connectivity index (χ3n) is 5.39. The molecule has 2 aliphatic heterocycles. The second-order valence-corrected chi connectivity index (χ2v) is 7.37. The van der Waals surface area contributed by atoms with Crippen LogP contribution in [0.4, 0.5) is 0 Å². The molecule has 1 fully saturated rings. The number of aromatic nitrogens is 3. The summed E-state index contributed by atoms with van der Waals surface area (Å²) in [6.45, 7) is 8.72. The van der Waals surface area contributed by atoms with Crippen LogP contribution in [0.1, 0.15) is 50.7 Å². The lowest BCUT2D eigenvalue weighted by Crippen LogP contribution is -2.39. The summed E-state index contributed by atoms with van der Waals surface area (Å²) in [6, 6.07) is 0. The molecule has 0 aliphatic carbocycles. The van der Waals surface area contributed by atoms with E-state index in [9.17, 15) is 0 Å². The van der Waals surface area contributed by atoms with Gasteiger partial charge in [-0.15, -0.1) is 10.2 Å². The molecule has 3 rings (SSSR count). The van der Waals surface area contributed by atoms with E-state index in [0.717, 1.165) is 49.5 Å². The monoisotopic (exact) mass is 347 g/mol. The Morgan fingerprint density at radius 3 is 2.80 bits per heavy atom. The van der Waals surface area contributed by atoms with Gasteiger partial charge in [0.25, 0.3) is 0 Å². The molecule has 0 atom stereocenters. The van der Waals surface area contributed by atoms with Gasteiger partial charge in [-0.3, -0.25) is 4.99 Å². The van der Waals surface area contributed by atoms with E-state index in [-0.39, 0.29) is 0 Å². The van der Waals surface area contributed by atoms with Crippen LogP contribution in [0.15, 0.2) is 4.99 Å². The van der Waals surface area contributed by atoms with E-state index in [2.05, 4.69) is 42.2 Å². The Morgan fingerprint density at radius 2 is 2.00 bits per heavy atom. The largest absolute Gasteiger partial charge is 0.356 e. The molecule has 140 valence electrons. The Labute approximate surface area is 151 Å². The van der Waals surface area contributed by atoms with Crippen molar-refractivity contribution in [2.45, 2.75) is 58.5 Å². The molecule has 1 saturated heterocycles. The van der Waals surface area contributed by atoms with Gasteiger partial charge in [0.2, 0.25) is 0 Å². The Bertz CT molecular complexity index is 558. The fourth-order valence-corrected chi connectivity index (χ4v) is 3.68. The van der Waals surface area contributed by atoms with Crippen molar-refractivity contribution >= 4 is 5.96 Å². The van der Waals surface area contributed by atoms with Crippen LogP contribution in [0.3, 0.4) is 0 Å². The number of nitrogens with zero attached hydrogens (tertiary/aromatic N) is 5. The van der Waals surface area contributed by atoms with Crippen molar-refractivity contribution in [2.24, 2.45) is 10.9 Å². The molecule has 0 amide bonds. The van der Waals surface area contributed by atoms with Crippen molar-refractivity contribution in [1.82, 2.24) is 30.3 Å². The first-order valence-corrected chi connectivity index (χ1v) is 9.84. The molecule has 1 aromatic heterocycles. The summed E-state index contributed by atoms with van der Waals surface area (Å²) in [4.78, 5) is 6.90. The number of rotatable bonds is 6. The van der Waals surface area contributed by atoms with Gasteiger partial charge >= 0.3 is 0 Å². The molecular weight excluding hydrogens is 314 g/mol. The standard InChI is InChI=1S/C18H33N7/c1-15-7-12-24(13-8-15)10-5-9-20-18(19-2)21-14-17-23-22-16-6-3-4-11-25(16)17/h15H,3-14H2,1-2H3,(H2,19,20,21). The van der Waals surface area contributed by atoms with Gasteiger partial charge in [-0.2, -0.15) is 0 Å². The highest BCUT2D eigenvalue weighted by atomic mass is 15.3. The minimum atomic E-state index is 0.677. The summed E-state index contributed by atoms with van der Waals surface area (Å²) < 4.78 is 2.25. The molecule has 2 N–H and O–H groups in total. The molecule has 0 bridgehead atoms. The van der Waals surface area contributed by atoms with Crippen molar-refractivity contribution in [1.29, 1.82) is 0 Å². The fourth-order valence-electron chi connectivity index (χ4n) is 3.68. The predicted octanol–water partition coefficient (Wildman–Crippen LogP) is 1.40. The number of hydrogen-bond acceptors (Lipinski definition) is 4. The van der Waals surface area contributed by atoms with Gasteiger partial charge in [0, 0.05) is 26.6 Å². The number of nitrogens with one attached hydrogen (secondary N) is 2. The third kappa shape index (κ3) is 5.17. The van der Waals surface area contributed by atoms with Gasteiger partial charge in [-0.1, -0.05) is 6.92 Å². The van der Waals surface area contributed by atoms with Crippen molar-refractivity contribution in [3.05, 3.63) is 11.6 Å². The van der Waals surface area contributed by atoms with Crippen molar-refractivity contribution in [2.75, 3.05) is 33.2 Å². The van der Waals surface area contributed by atoms with Crippen LogP contribution in [0, 0.1) is 5.92 Å². The van der Waals surface area contributed by atoms with Gasteiger partial charge in [-0.05, 0) is 57.7 Å². The SMILES string of the molecule is CN=C(NCCCN1CCC(C)CC1)NCc1nnc2n1CCCC2. The lowest BCUT2D eigenvalue weighted by Gasteiger charge is -2.30. The predicted molar refractivity (Wildman–Crippen MR) is 101 cm³/mol. The maximum atomic E-state index is 4.33. The van der Waals surface area contributed by atoms with E-state index >= 15 is 0 Å². The number of aliphatic imine (C=N–C) groups is 1. The smallest absolute Gasteiger partial charge is 0.191 e. The van der Waals surface area contributed by atoms with Crippen LogP contribution >= 0.6 is 0 Å². The maximum Gasteiger partial charge on any atom is 0.191 e. The highest BCUT2D eigenvalue weighted by molar-refractivity contribution is 5.79. The van der Waals surface area contributed by atoms with E-state index in [1.807, 2.05) is 7.05 Å². The third-order valence-corrected chi connectivity index (χ3v) is 5.39. The van der Waals surface area contributed by atoms with Gasteiger partial charge in [0.15, 0.2) is 11.8 Å². The minimum absolute atomic E-state index is 0.677. The molecule has 7 nitrogen and oxygen atoms in total. The first-order valence-electron chi connectivity index (χ1n) is 9.84. The fraction of sp³-hybridized carbons (Fsp3) is 0.833. The molecule has 1 aromatic rings. The molecule has 0 unspecified atom stereocenters. The summed E-state index contributed by atoms with van der Waals surface area (Å²) in [5, 5.41) is 15.4. The van der Waals surface area contributed by atoms with E-state index in [1.54, 1.807) is 0 Å². The summed E-state index contributed by atoms with van der Waals surface area (Å²) in [7, 11) is 1.82. The molecule has 0 aromatic carbocycles. The zero-order chi connectivity index (χ0) is 17.5. The topological polar surface area (TPSA) is 70.4 Å². The highest BCUT2D eigenvalue weighted by Gasteiger charge is 2.16. The summed E-state index contributed by atoms with van der Waals surface area (Å²) >= 11 is 0. The number of piperidine rings is 1. The highest BCUT2D eigenvalue weighted by Crippen LogP contribution is 2.16. The number of aryl methyl sites for hydroxylation is 1. The maximum absolute atomic E-state index is 4.33. The van der Waals surface area contributed by atoms with E-state index < -0.39 is 0 Å². The van der Waals surface area contributed by atoms with Crippen LogP contribution in [-0.4, -0.2) is 58.9 Å². The lowest BCUT2D eigenvalue weighted by molar-refractivity contribution is 0.191. The lowest BCUT2D eigenvalue weighted by atomic mass is 9.99. The normalized spacial score (nSPS) is 19.7. The Hall–Kier alpha value is -1.63. The van der Waals surface area contributed by atoms with Gasteiger partial charge < -0.3 is 20.1 Å². The van der Waals surface area contributed by atoms with Crippen molar-refractivity contribution in [3.63, 3.8) is 0 Å². The quantitative estimate of drug-likeness (QED) is 0.462. The molecule has 2 aliphatic rings. The average molecular weight is 348 g/mol. The van der Waals surface area contributed by atoms with E-state index in [0.29, 0.717) is 6.54 Å². The molecule has 7 heteroatoms. The Kier molecular flexibility index (Phi) is 6.67. The van der Waals surface area contributed by atoms with Crippen LogP contribution in [0.2, 0.25) is 0 Å². The Morgan fingerprint density at radius 1 is 1.16 bits per heavy atom. The summed E-state index contributed by atoms with van der Waals surface area (Å²) in [6.07, 6.45) is 7.34. The molecule has 0 saturated carbocycles. The molecular formula is C18H33N7. The van der Waals surface area contributed by atoms with Gasteiger partial charge in [0.05, 0.1) is 6.54 Å². The van der Waals surface area contributed by atoms with Crippen LogP contribution in [0.25, 0.3) is 0 Å². The molecule has 0 radical (unpaired) electrons. The van der Waals surface area contributed by atoms with Gasteiger partial charge in [-0.25, -0.2) is 0 Å².